The van der Waals surface area contributed by atoms with E-state index in [9.17, 15) is 0 Å². The van der Waals surface area contributed by atoms with Crippen molar-refractivity contribution in [2.75, 3.05) is 0 Å². The molecule has 0 spiro atoms. The van der Waals surface area contributed by atoms with Gasteiger partial charge in [-0.15, -0.1) is 0 Å². The molecule has 0 atom stereocenters. The molecule has 3 aromatic rings. The first-order valence-electron chi connectivity index (χ1n) is 7.53. The second-order valence-electron chi connectivity index (χ2n) is 5.78. The summed E-state index contributed by atoms with van der Waals surface area (Å²) in [6, 6.07) is 24.2. The first kappa shape index (κ1) is 15.3. The van der Waals surface area contributed by atoms with Crippen molar-refractivity contribution < 1.29 is 0 Å². The van der Waals surface area contributed by atoms with Crippen LogP contribution in [0.4, 0.5) is 0 Å². The Kier molecular flexibility index (Phi) is 4.63. The van der Waals surface area contributed by atoms with Crippen LogP contribution >= 0.6 is 22.6 Å². The van der Waals surface area contributed by atoms with Gasteiger partial charge >= 0.3 is 0 Å². The predicted octanol–water partition coefficient (Wildman–Crippen LogP) is 6.17. The fourth-order valence-electron chi connectivity index (χ4n) is 2.63. The highest BCUT2D eigenvalue weighted by atomic mass is 127. The molecule has 0 aliphatic rings. The van der Waals surface area contributed by atoms with Crippen molar-refractivity contribution in [2.45, 2.75) is 20.3 Å². The Morgan fingerprint density at radius 1 is 0.727 bits per heavy atom. The van der Waals surface area contributed by atoms with E-state index >= 15 is 0 Å². The highest BCUT2D eigenvalue weighted by Gasteiger charge is 2.06. The molecule has 0 bridgehead atoms. The van der Waals surface area contributed by atoms with E-state index in [1.807, 2.05) is 0 Å². The lowest BCUT2D eigenvalue weighted by atomic mass is 9.95. The summed E-state index contributed by atoms with van der Waals surface area (Å²) in [5.74, 6) is 0. The third kappa shape index (κ3) is 3.41. The Labute approximate surface area is 146 Å². The molecule has 0 fully saturated rings. The van der Waals surface area contributed by atoms with Gasteiger partial charge in [0.2, 0.25) is 0 Å². The lowest BCUT2D eigenvalue weighted by molar-refractivity contribution is 1.14. The Morgan fingerprint density at radius 3 is 2.14 bits per heavy atom. The maximum Gasteiger partial charge on any atom is 0.0165 e. The molecule has 0 saturated carbocycles. The molecule has 3 aromatic carbocycles. The van der Waals surface area contributed by atoms with Gasteiger partial charge in [-0.2, -0.15) is 0 Å². The topological polar surface area (TPSA) is 0 Å². The summed E-state index contributed by atoms with van der Waals surface area (Å²) < 4.78 is 1.33. The molecule has 0 aliphatic carbocycles. The van der Waals surface area contributed by atoms with Gasteiger partial charge < -0.3 is 0 Å². The molecule has 0 radical (unpaired) electrons. The predicted molar refractivity (Wildman–Crippen MR) is 103 cm³/mol. The van der Waals surface area contributed by atoms with Crippen molar-refractivity contribution in [2.24, 2.45) is 0 Å². The first-order valence-corrected chi connectivity index (χ1v) is 8.61. The SMILES string of the molecule is Cc1ccc(-c2ccc(C)c(Cc3ccccc3I)c2)cc1. The average molecular weight is 398 g/mol. The van der Waals surface area contributed by atoms with Gasteiger partial charge in [-0.3, -0.25) is 0 Å². The third-order valence-electron chi connectivity index (χ3n) is 4.07. The van der Waals surface area contributed by atoms with Gasteiger partial charge in [-0.1, -0.05) is 66.2 Å². The van der Waals surface area contributed by atoms with E-state index in [1.165, 1.54) is 37.0 Å². The van der Waals surface area contributed by atoms with Gasteiger partial charge in [-0.05, 0) is 76.7 Å². The molecule has 0 heterocycles. The summed E-state index contributed by atoms with van der Waals surface area (Å²) in [6.07, 6.45) is 0.991. The van der Waals surface area contributed by atoms with Crippen molar-refractivity contribution in [3.8, 4) is 11.1 Å². The summed E-state index contributed by atoms with van der Waals surface area (Å²) in [4.78, 5) is 0. The number of rotatable bonds is 3. The summed E-state index contributed by atoms with van der Waals surface area (Å²) in [7, 11) is 0. The van der Waals surface area contributed by atoms with Crippen molar-refractivity contribution in [3.63, 3.8) is 0 Å². The molecular formula is C21H19I. The Morgan fingerprint density at radius 2 is 1.41 bits per heavy atom. The number of benzene rings is 3. The highest BCUT2D eigenvalue weighted by molar-refractivity contribution is 14.1. The Bertz CT molecular complexity index is 785. The average Bonchev–Trinajstić information content (AvgIpc) is 2.52. The number of halogens is 1. The lowest BCUT2D eigenvalue weighted by Gasteiger charge is -2.11. The first-order chi connectivity index (χ1) is 10.6. The van der Waals surface area contributed by atoms with Gasteiger partial charge in [0.05, 0.1) is 0 Å². The lowest BCUT2D eigenvalue weighted by Crippen LogP contribution is -1.95. The van der Waals surface area contributed by atoms with Crippen molar-refractivity contribution >= 4 is 22.6 Å². The second-order valence-corrected chi connectivity index (χ2v) is 6.94. The Balaban J connectivity index is 1.97. The quantitative estimate of drug-likeness (QED) is 0.463. The fraction of sp³-hybridized carbons (Fsp3) is 0.143. The largest absolute Gasteiger partial charge is 0.0619 e. The molecular weight excluding hydrogens is 379 g/mol. The number of hydrogen-bond acceptors (Lipinski definition) is 0. The zero-order valence-electron chi connectivity index (χ0n) is 12.9. The van der Waals surface area contributed by atoms with E-state index in [-0.39, 0.29) is 0 Å². The molecule has 22 heavy (non-hydrogen) atoms. The second kappa shape index (κ2) is 6.66. The summed E-state index contributed by atoms with van der Waals surface area (Å²) in [5.41, 5.74) is 8.04. The smallest absolute Gasteiger partial charge is 0.0165 e. The number of hydrogen-bond donors (Lipinski definition) is 0. The van der Waals surface area contributed by atoms with E-state index < -0.39 is 0 Å². The van der Waals surface area contributed by atoms with E-state index in [1.54, 1.807) is 0 Å². The van der Waals surface area contributed by atoms with Crippen LogP contribution in [0.5, 0.6) is 0 Å². The molecule has 3 rings (SSSR count). The van der Waals surface area contributed by atoms with Gasteiger partial charge in [0, 0.05) is 3.57 Å². The molecule has 0 nitrogen and oxygen atoms in total. The molecule has 0 unspecified atom stereocenters. The van der Waals surface area contributed by atoms with Gasteiger partial charge in [-0.25, -0.2) is 0 Å². The van der Waals surface area contributed by atoms with Crippen LogP contribution < -0.4 is 0 Å². The van der Waals surface area contributed by atoms with Crippen molar-refractivity contribution in [1.29, 1.82) is 0 Å². The molecule has 0 N–H and O–H groups in total. The van der Waals surface area contributed by atoms with E-state index in [0.29, 0.717) is 0 Å². The van der Waals surface area contributed by atoms with Crippen LogP contribution in [0.1, 0.15) is 22.3 Å². The van der Waals surface area contributed by atoms with Gasteiger partial charge in [0.1, 0.15) is 0 Å². The Hall–Kier alpha value is -1.61. The van der Waals surface area contributed by atoms with Gasteiger partial charge in [0.25, 0.3) is 0 Å². The van der Waals surface area contributed by atoms with Crippen LogP contribution in [0, 0.1) is 17.4 Å². The molecule has 1 heteroatoms. The van der Waals surface area contributed by atoms with Gasteiger partial charge in [0.15, 0.2) is 0 Å². The van der Waals surface area contributed by atoms with E-state index in [4.69, 9.17) is 0 Å². The van der Waals surface area contributed by atoms with E-state index in [2.05, 4.69) is 103 Å². The summed E-state index contributed by atoms with van der Waals surface area (Å²) in [5, 5.41) is 0. The van der Waals surface area contributed by atoms with Crippen LogP contribution in [-0.2, 0) is 6.42 Å². The van der Waals surface area contributed by atoms with Crippen molar-refractivity contribution in [1.82, 2.24) is 0 Å². The molecule has 0 saturated heterocycles. The zero-order valence-corrected chi connectivity index (χ0v) is 15.1. The van der Waals surface area contributed by atoms with Crippen LogP contribution in [0.3, 0.4) is 0 Å². The summed E-state index contributed by atoms with van der Waals surface area (Å²) in [6.45, 7) is 4.33. The summed E-state index contributed by atoms with van der Waals surface area (Å²) >= 11 is 2.42. The molecule has 0 aliphatic heterocycles. The minimum Gasteiger partial charge on any atom is -0.0619 e. The molecule has 0 aromatic heterocycles. The van der Waals surface area contributed by atoms with Crippen LogP contribution in [0.15, 0.2) is 66.7 Å². The normalized spacial score (nSPS) is 10.7. The molecule has 110 valence electrons. The minimum absolute atomic E-state index is 0.991. The maximum absolute atomic E-state index is 2.42. The highest BCUT2D eigenvalue weighted by Crippen LogP contribution is 2.25. The van der Waals surface area contributed by atoms with E-state index in [0.717, 1.165) is 6.42 Å². The third-order valence-corrected chi connectivity index (χ3v) is 5.13. The fourth-order valence-corrected chi connectivity index (χ4v) is 3.21. The van der Waals surface area contributed by atoms with Crippen molar-refractivity contribution in [3.05, 3.63) is 92.6 Å². The number of aryl methyl sites for hydroxylation is 2. The molecule has 0 amide bonds. The maximum atomic E-state index is 2.42. The standard InChI is InChI=1S/C21H19I/c1-15-7-10-17(11-8-15)18-12-9-16(2)20(13-18)14-19-5-3-4-6-21(19)22/h3-13H,14H2,1-2H3. The minimum atomic E-state index is 0.991. The monoisotopic (exact) mass is 398 g/mol. The zero-order chi connectivity index (χ0) is 15.5. The van der Waals surface area contributed by atoms with Crippen LogP contribution in [0.2, 0.25) is 0 Å². The van der Waals surface area contributed by atoms with Crippen LogP contribution in [-0.4, -0.2) is 0 Å². The van der Waals surface area contributed by atoms with Crippen LogP contribution in [0.25, 0.3) is 11.1 Å².